The van der Waals surface area contributed by atoms with Gasteiger partial charge in [-0.15, -0.1) is 0 Å². The van der Waals surface area contributed by atoms with Gasteiger partial charge in [0.05, 0.1) is 13.2 Å². The number of benzene rings is 2. The second-order valence-electron chi connectivity index (χ2n) is 5.49. The average Bonchev–Trinajstić information content (AvgIpc) is 2.64. The fourth-order valence-electron chi connectivity index (χ4n) is 2.25. The van der Waals surface area contributed by atoms with Crippen molar-refractivity contribution in [3.8, 4) is 0 Å². The van der Waals surface area contributed by atoms with Gasteiger partial charge in [-0.2, -0.15) is 0 Å². The molecule has 2 aromatic rings. The molecule has 2 rings (SSSR count). The Morgan fingerprint density at radius 1 is 0.875 bits per heavy atom. The smallest absolute Gasteiger partial charge is 0.191 e. The van der Waals surface area contributed by atoms with Crippen LogP contribution in [-0.2, 0) is 24.4 Å². The van der Waals surface area contributed by atoms with Gasteiger partial charge in [0.15, 0.2) is 5.96 Å². The van der Waals surface area contributed by atoms with Crippen LogP contribution in [0.25, 0.3) is 0 Å². The molecule has 0 saturated carbocycles. The average molecular weight is 325 g/mol. The van der Waals surface area contributed by atoms with Crippen LogP contribution in [0.2, 0.25) is 0 Å². The summed E-state index contributed by atoms with van der Waals surface area (Å²) in [5.74, 6) is 0.833. The maximum Gasteiger partial charge on any atom is 0.191 e. The number of ether oxygens (including phenoxy) is 1. The normalized spacial score (nSPS) is 11.3. The second kappa shape index (κ2) is 10.4. The van der Waals surface area contributed by atoms with E-state index in [0.717, 1.165) is 25.7 Å². The number of aliphatic imine (C=N–C) groups is 1. The lowest BCUT2D eigenvalue weighted by Crippen LogP contribution is -2.36. The van der Waals surface area contributed by atoms with Gasteiger partial charge in [0, 0.05) is 19.7 Å². The summed E-state index contributed by atoms with van der Waals surface area (Å²) in [5, 5.41) is 6.66. The molecule has 2 aromatic carbocycles. The zero-order valence-electron chi connectivity index (χ0n) is 14.6. The van der Waals surface area contributed by atoms with Crippen LogP contribution in [0, 0.1) is 0 Å². The molecule has 0 atom stereocenters. The monoisotopic (exact) mass is 325 g/mol. The first-order valence-corrected chi connectivity index (χ1v) is 8.53. The molecule has 0 heterocycles. The number of nitrogens with zero attached hydrogens (tertiary/aromatic N) is 1. The molecular formula is C20H27N3O. The van der Waals surface area contributed by atoms with E-state index < -0.39 is 0 Å². The fourth-order valence-corrected chi connectivity index (χ4v) is 2.25. The molecule has 2 N–H and O–H groups in total. The Kier molecular flexibility index (Phi) is 7.84. The molecule has 0 aliphatic carbocycles. The van der Waals surface area contributed by atoms with E-state index in [0.29, 0.717) is 13.2 Å². The van der Waals surface area contributed by atoms with Crippen LogP contribution < -0.4 is 10.6 Å². The summed E-state index contributed by atoms with van der Waals surface area (Å²) < 4.78 is 5.42. The molecule has 0 radical (unpaired) electrons. The highest BCUT2D eigenvalue weighted by molar-refractivity contribution is 5.79. The third-order valence-corrected chi connectivity index (χ3v) is 3.56. The Hall–Kier alpha value is -2.33. The number of hydrogen-bond donors (Lipinski definition) is 2. The number of rotatable bonds is 8. The van der Waals surface area contributed by atoms with Crippen molar-refractivity contribution in [2.75, 3.05) is 13.2 Å². The van der Waals surface area contributed by atoms with E-state index in [1.54, 1.807) is 0 Å². The van der Waals surface area contributed by atoms with Crippen LogP contribution in [0.3, 0.4) is 0 Å². The van der Waals surface area contributed by atoms with E-state index in [4.69, 9.17) is 4.74 Å². The molecule has 4 nitrogen and oxygen atoms in total. The number of nitrogens with one attached hydrogen (secondary N) is 2. The maximum atomic E-state index is 5.42. The van der Waals surface area contributed by atoms with E-state index in [-0.39, 0.29) is 0 Å². The zero-order chi connectivity index (χ0) is 17.0. The van der Waals surface area contributed by atoms with E-state index in [1.807, 2.05) is 25.1 Å². The van der Waals surface area contributed by atoms with Crippen molar-refractivity contribution in [3.05, 3.63) is 71.3 Å². The van der Waals surface area contributed by atoms with Crippen LogP contribution in [0.4, 0.5) is 0 Å². The first-order chi connectivity index (χ1) is 11.8. The minimum atomic E-state index is 0.670. The molecule has 4 heteroatoms. The van der Waals surface area contributed by atoms with Crippen LogP contribution in [0.15, 0.2) is 59.6 Å². The van der Waals surface area contributed by atoms with Crippen LogP contribution in [0.1, 0.15) is 30.5 Å². The maximum absolute atomic E-state index is 5.42. The Morgan fingerprint density at radius 2 is 1.58 bits per heavy atom. The van der Waals surface area contributed by atoms with Crippen LogP contribution in [0.5, 0.6) is 0 Å². The third-order valence-electron chi connectivity index (χ3n) is 3.56. The van der Waals surface area contributed by atoms with Crippen molar-refractivity contribution in [3.63, 3.8) is 0 Å². The van der Waals surface area contributed by atoms with Gasteiger partial charge in [0.1, 0.15) is 0 Å². The lowest BCUT2D eigenvalue weighted by Gasteiger charge is -2.12. The lowest BCUT2D eigenvalue weighted by molar-refractivity contribution is 0.134. The molecule has 0 aromatic heterocycles. The highest BCUT2D eigenvalue weighted by atomic mass is 16.5. The van der Waals surface area contributed by atoms with Crippen molar-refractivity contribution >= 4 is 5.96 Å². The molecule has 128 valence electrons. The van der Waals surface area contributed by atoms with Crippen LogP contribution >= 0.6 is 0 Å². The Labute approximate surface area is 145 Å². The Balaban J connectivity index is 1.88. The van der Waals surface area contributed by atoms with E-state index in [9.17, 15) is 0 Å². The second-order valence-corrected chi connectivity index (χ2v) is 5.49. The summed E-state index contributed by atoms with van der Waals surface area (Å²) >= 11 is 0. The SMILES string of the molecule is CCNC(=NCc1ccccc1)NCc1ccc(COCC)cc1. The molecule has 0 saturated heterocycles. The summed E-state index contributed by atoms with van der Waals surface area (Å²) in [6, 6.07) is 18.7. The quantitative estimate of drug-likeness (QED) is 0.577. The van der Waals surface area contributed by atoms with Crippen molar-refractivity contribution < 1.29 is 4.74 Å². The topological polar surface area (TPSA) is 45.7 Å². The molecule has 0 aliphatic rings. The molecule has 0 fully saturated rings. The van der Waals surface area contributed by atoms with Gasteiger partial charge in [-0.1, -0.05) is 54.6 Å². The minimum absolute atomic E-state index is 0.670. The molecule has 24 heavy (non-hydrogen) atoms. The van der Waals surface area contributed by atoms with Gasteiger partial charge in [-0.3, -0.25) is 0 Å². The van der Waals surface area contributed by atoms with E-state index >= 15 is 0 Å². The third kappa shape index (κ3) is 6.42. The molecule has 0 aliphatic heterocycles. The fraction of sp³-hybridized carbons (Fsp3) is 0.350. The molecule has 0 unspecified atom stereocenters. The van der Waals surface area contributed by atoms with Crippen molar-refractivity contribution in [1.82, 2.24) is 10.6 Å². The summed E-state index contributed by atoms with van der Waals surface area (Å²) in [4.78, 5) is 4.63. The van der Waals surface area contributed by atoms with Gasteiger partial charge in [0.2, 0.25) is 0 Å². The standard InChI is InChI=1S/C20H27N3O/c1-3-21-20(22-14-17-8-6-5-7-9-17)23-15-18-10-12-19(13-11-18)16-24-4-2/h5-13H,3-4,14-16H2,1-2H3,(H2,21,22,23). The van der Waals surface area contributed by atoms with Crippen molar-refractivity contribution in [2.45, 2.75) is 33.5 Å². The molecule has 0 amide bonds. The molecule has 0 bridgehead atoms. The van der Waals surface area contributed by atoms with E-state index in [1.165, 1.54) is 16.7 Å². The first kappa shape index (κ1) is 18.0. The van der Waals surface area contributed by atoms with Gasteiger partial charge in [0.25, 0.3) is 0 Å². The predicted molar refractivity (Wildman–Crippen MR) is 99.9 cm³/mol. The number of guanidine groups is 1. The predicted octanol–water partition coefficient (Wildman–Crippen LogP) is 3.48. The highest BCUT2D eigenvalue weighted by Gasteiger charge is 1.99. The summed E-state index contributed by atoms with van der Waals surface area (Å²) in [6.45, 7) is 7.75. The van der Waals surface area contributed by atoms with E-state index in [2.05, 4.69) is 58.9 Å². The molecule has 0 spiro atoms. The summed E-state index contributed by atoms with van der Waals surface area (Å²) in [7, 11) is 0. The Bertz CT molecular complexity index is 609. The van der Waals surface area contributed by atoms with Gasteiger partial charge in [-0.05, 0) is 30.5 Å². The van der Waals surface area contributed by atoms with Gasteiger partial charge >= 0.3 is 0 Å². The number of hydrogen-bond acceptors (Lipinski definition) is 2. The highest BCUT2D eigenvalue weighted by Crippen LogP contribution is 2.06. The summed E-state index contributed by atoms with van der Waals surface area (Å²) in [6.07, 6.45) is 0. The minimum Gasteiger partial charge on any atom is -0.377 e. The van der Waals surface area contributed by atoms with Crippen molar-refractivity contribution in [2.24, 2.45) is 4.99 Å². The van der Waals surface area contributed by atoms with Gasteiger partial charge in [-0.25, -0.2) is 4.99 Å². The van der Waals surface area contributed by atoms with Crippen LogP contribution in [-0.4, -0.2) is 19.1 Å². The molecular weight excluding hydrogens is 298 g/mol. The lowest BCUT2D eigenvalue weighted by atomic mass is 10.1. The first-order valence-electron chi connectivity index (χ1n) is 8.53. The summed E-state index contributed by atoms with van der Waals surface area (Å²) in [5.41, 5.74) is 3.63. The Morgan fingerprint density at radius 3 is 2.25 bits per heavy atom. The largest absolute Gasteiger partial charge is 0.377 e. The van der Waals surface area contributed by atoms with Crippen molar-refractivity contribution in [1.29, 1.82) is 0 Å². The van der Waals surface area contributed by atoms with Gasteiger partial charge < -0.3 is 15.4 Å². The zero-order valence-corrected chi connectivity index (χ0v) is 14.6.